The van der Waals surface area contributed by atoms with E-state index in [9.17, 15) is 4.79 Å². The highest BCUT2D eigenvalue weighted by molar-refractivity contribution is 9.10. The van der Waals surface area contributed by atoms with Crippen molar-refractivity contribution >= 4 is 21.8 Å². The summed E-state index contributed by atoms with van der Waals surface area (Å²) in [6, 6.07) is 6.27. The molecule has 0 spiro atoms. The Morgan fingerprint density at radius 2 is 2.00 bits per heavy atom. The number of nitrogens with zero attached hydrogens (tertiary/aromatic N) is 1. The molecule has 0 aromatic heterocycles. The summed E-state index contributed by atoms with van der Waals surface area (Å²) in [7, 11) is 0. The molecule has 2 rings (SSSR count). The minimum atomic E-state index is 0.00622. The molecular weight excluding hydrogens is 328 g/mol. The second-order valence-corrected chi connectivity index (χ2v) is 7.10. The van der Waals surface area contributed by atoms with E-state index >= 15 is 0 Å². The quantitative estimate of drug-likeness (QED) is 0.877. The van der Waals surface area contributed by atoms with Gasteiger partial charge in [-0.05, 0) is 72.4 Å². The SMILES string of the molecule is Cc1ccc(C(=O)NCC(C(C)C)N2CCCC2)c(Br)c1. The Kier molecular flexibility index (Phi) is 5.82. The number of halogens is 1. The molecule has 1 fully saturated rings. The molecule has 1 aromatic rings. The highest BCUT2D eigenvalue weighted by Crippen LogP contribution is 2.20. The Morgan fingerprint density at radius 3 is 2.57 bits per heavy atom. The van der Waals surface area contributed by atoms with Crippen molar-refractivity contribution in [2.24, 2.45) is 5.92 Å². The van der Waals surface area contributed by atoms with Gasteiger partial charge in [0.25, 0.3) is 5.91 Å². The Labute approximate surface area is 136 Å². The van der Waals surface area contributed by atoms with E-state index in [2.05, 4.69) is 40.0 Å². The maximum absolute atomic E-state index is 12.4. The number of carbonyl (C=O) groups is 1. The second-order valence-electron chi connectivity index (χ2n) is 6.25. The predicted octanol–water partition coefficient (Wildman–Crippen LogP) is 3.61. The van der Waals surface area contributed by atoms with Crippen molar-refractivity contribution in [3.05, 3.63) is 33.8 Å². The highest BCUT2D eigenvalue weighted by Gasteiger charge is 2.25. The molecule has 1 N–H and O–H groups in total. The summed E-state index contributed by atoms with van der Waals surface area (Å²) in [5.41, 5.74) is 1.86. The van der Waals surface area contributed by atoms with Crippen LogP contribution in [0.15, 0.2) is 22.7 Å². The maximum Gasteiger partial charge on any atom is 0.252 e. The molecule has 4 heteroatoms. The van der Waals surface area contributed by atoms with Gasteiger partial charge in [-0.3, -0.25) is 9.69 Å². The molecule has 0 saturated carbocycles. The van der Waals surface area contributed by atoms with Crippen LogP contribution in [0.3, 0.4) is 0 Å². The van der Waals surface area contributed by atoms with Gasteiger partial charge in [-0.25, -0.2) is 0 Å². The first kappa shape index (κ1) is 16.5. The first-order valence-electron chi connectivity index (χ1n) is 7.77. The second kappa shape index (κ2) is 7.41. The summed E-state index contributed by atoms with van der Waals surface area (Å²) in [5, 5.41) is 3.11. The molecule has 0 radical (unpaired) electrons. The van der Waals surface area contributed by atoms with Crippen LogP contribution in [0.1, 0.15) is 42.6 Å². The summed E-state index contributed by atoms with van der Waals surface area (Å²) < 4.78 is 0.863. The number of carbonyl (C=O) groups excluding carboxylic acids is 1. The maximum atomic E-state index is 12.4. The summed E-state index contributed by atoms with van der Waals surface area (Å²) in [6.07, 6.45) is 2.56. The van der Waals surface area contributed by atoms with E-state index in [1.54, 1.807) is 0 Å². The van der Waals surface area contributed by atoms with E-state index < -0.39 is 0 Å². The smallest absolute Gasteiger partial charge is 0.252 e. The number of hydrogen-bond donors (Lipinski definition) is 1. The number of benzene rings is 1. The number of nitrogens with one attached hydrogen (secondary N) is 1. The van der Waals surface area contributed by atoms with Gasteiger partial charge in [-0.15, -0.1) is 0 Å². The molecule has 116 valence electrons. The van der Waals surface area contributed by atoms with Crippen LogP contribution in [-0.4, -0.2) is 36.5 Å². The van der Waals surface area contributed by atoms with E-state index in [1.807, 2.05) is 25.1 Å². The third-order valence-corrected chi connectivity index (χ3v) is 4.88. The van der Waals surface area contributed by atoms with Crippen LogP contribution in [0.2, 0.25) is 0 Å². The first-order valence-corrected chi connectivity index (χ1v) is 8.56. The summed E-state index contributed by atoms with van der Waals surface area (Å²) in [5.74, 6) is 0.552. The minimum absolute atomic E-state index is 0.00622. The van der Waals surface area contributed by atoms with Crippen molar-refractivity contribution in [3.63, 3.8) is 0 Å². The van der Waals surface area contributed by atoms with Crippen molar-refractivity contribution in [3.8, 4) is 0 Å². The Morgan fingerprint density at radius 1 is 1.33 bits per heavy atom. The molecule has 1 saturated heterocycles. The van der Waals surface area contributed by atoms with Crippen LogP contribution in [0.5, 0.6) is 0 Å². The predicted molar refractivity (Wildman–Crippen MR) is 90.6 cm³/mol. The average Bonchev–Trinajstić information content (AvgIpc) is 2.92. The fourth-order valence-electron chi connectivity index (χ4n) is 2.96. The van der Waals surface area contributed by atoms with E-state index in [-0.39, 0.29) is 5.91 Å². The minimum Gasteiger partial charge on any atom is -0.350 e. The molecule has 1 unspecified atom stereocenters. The molecule has 1 aromatic carbocycles. The average molecular weight is 353 g/mol. The summed E-state index contributed by atoms with van der Waals surface area (Å²) in [6.45, 7) is 9.53. The molecule has 1 amide bonds. The number of aryl methyl sites for hydroxylation is 1. The first-order chi connectivity index (χ1) is 9.99. The standard InChI is InChI=1S/C17H25BrN2O/c1-12(2)16(20-8-4-5-9-20)11-19-17(21)14-7-6-13(3)10-15(14)18/h6-7,10,12,16H,4-5,8-9,11H2,1-3H3,(H,19,21). The lowest BCUT2D eigenvalue weighted by atomic mass is 10.0. The zero-order valence-electron chi connectivity index (χ0n) is 13.2. The molecule has 1 atom stereocenters. The molecule has 0 aliphatic carbocycles. The lowest BCUT2D eigenvalue weighted by Crippen LogP contribution is -2.45. The molecule has 21 heavy (non-hydrogen) atoms. The van der Waals surface area contributed by atoms with Crippen LogP contribution < -0.4 is 5.32 Å². The van der Waals surface area contributed by atoms with Crippen molar-refractivity contribution in [1.29, 1.82) is 0 Å². The third-order valence-electron chi connectivity index (χ3n) is 4.22. The molecule has 1 aliphatic rings. The van der Waals surface area contributed by atoms with Gasteiger partial charge in [0, 0.05) is 17.1 Å². The van der Waals surface area contributed by atoms with Gasteiger partial charge >= 0.3 is 0 Å². The lowest BCUT2D eigenvalue weighted by molar-refractivity contribution is 0.0926. The number of likely N-dealkylation sites (tertiary alicyclic amines) is 1. The Balaban J connectivity index is 1.98. The zero-order valence-corrected chi connectivity index (χ0v) is 14.7. The number of amides is 1. The van der Waals surface area contributed by atoms with Crippen molar-refractivity contribution in [1.82, 2.24) is 10.2 Å². The molecule has 1 aliphatic heterocycles. The van der Waals surface area contributed by atoms with Crippen LogP contribution >= 0.6 is 15.9 Å². The van der Waals surface area contributed by atoms with E-state index in [0.29, 0.717) is 17.5 Å². The van der Waals surface area contributed by atoms with Gasteiger partial charge in [0.2, 0.25) is 0 Å². The van der Waals surface area contributed by atoms with Crippen LogP contribution in [-0.2, 0) is 0 Å². The van der Waals surface area contributed by atoms with Gasteiger partial charge in [-0.1, -0.05) is 19.9 Å². The highest BCUT2D eigenvalue weighted by atomic mass is 79.9. The fourth-order valence-corrected chi connectivity index (χ4v) is 3.63. The van der Waals surface area contributed by atoms with Crippen molar-refractivity contribution in [2.75, 3.05) is 19.6 Å². The molecule has 0 bridgehead atoms. The van der Waals surface area contributed by atoms with Crippen LogP contribution in [0.25, 0.3) is 0 Å². The van der Waals surface area contributed by atoms with Gasteiger partial charge in [0.1, 0.15) is 0 Å². The van der Waals surface area contributed by atoms with Gasteiger partial charge in [-0.2, -0.15) is 0 Å². The van der Waals surface area contributed by atoms with Gasteiger partial charge in [0.05, 0.1) is 5.56 Å². The zero-order chi connectivity index (χ0) is 15.4. The topological polar surface area (TPSA) is 32.3 Å². The normalized spacial score (nSPS) is 17.2. The van der Waals surface area contributed by atoms with Crippen molar-refractivity contribution < 1.29 is 4.79 Å². The fraction of sp³-hybridized carbons (Fsp3) is 0.588. The van der Waals surface area contributed by atoms with Gasteiger partial charge < -0.3 is 5.32 Å². The van der Waals surface area contributed by atoms with Crippen molar-refractivity contribution in [2.45, 2.75) is 39.7 Å². The number of hydrogen-bond acceptors (Lipinski definition) is 2. The Bertz CT molecular complexity index is 496. The van der Waals surface area contributed by atoms with E-state index in [1.165, 1.54) is 12.8 Å². The molecular formula is C17H25BrN2O. The van der Waals surface area contributed by atoms with E-state index in [0.717, 1.165) is 29.7 Å². The van der Waals surface area contributed by atoms with Crippen LogP contribution in [0.4, 0.5) is 0 Å². The van der Waals surface area contributed by atoms with E-state index in [4.69, 9.17) is 0 Å². The summed E-state index contributed by atoms with van der Waals surface area (Å²) >= 11 is 3.48. The number of rotatable bonds is 5. The van der Waals surface area contributed by atoms with Gasteiger partial charge in [0.15, 0.2) is 0 Å². The molecule has 3 nitrogen and oxygen atoms in total. The monoisotopic (exact) mass is 352 g/mol. The summed E-state index contributed by atoms with van der Waals surface area (Å²) in [4.78, 5) is 14.9. The Hall–Kier alpha value is -0.870. The lowest BCUT2D eigenvalue weighted by Gasteiger charge is -2.31. The third kappa shape index (κ3) is 4.30. The molecule has 1 heterocycles. The van der Waals surface area contributed by atoms with Crippen LogP contribution in [0, 0.1) is 12.8 Å². The largest absolute Gasteiger partial charge is 0.350 e.